The average molecular weight is 291 g/mol. The minimum absolute atomic E-state index is 0.0883. The van der Waals surface area contributed by atoms with Crippen LogP contribution in [0.5, 0.6) is 0 Å². The van der Waals surface area contributed by atoms with Gasteiger partial charge in [0.1, 0.15) is 5.60 Å². The smallest absolute Gasteiger partial charge is 0.427 e. The molecule has 1 aromatic carbocycles. The van der Waals surface area contributed by atoms with Gasteiger partial charge in [0, 0.05) is 0 Å². The van der Waals surface area contributed by atoms with Crippen LogP contribution in [0.4, 0.5) is 9.59 Å². The largest absolute Gasteiger partial charge is 0.443 e. The standard InChI is InChI=1S/C15H17NO5/c1-15(2,3)21-14(19)16-11(9-12(17)20-13(16)18)10-7-5-4-6-8-10/h4-8,11H,9H2,1-3H3/t11-/m0/s1. The third-order valence-electron chi connectivity index (χ3n) is 2.84. The van der Waals surface area contributed by atoms with Crippen molar-refractivity contribution in [3.05, 3.63) is 35.9 Å². The molecule has 0 bridgehead atoms. The number of hydrogen-bond donors (Lipinski definition) is 0. The number of cyclic esters (lactones) is 2. The Morgan fingerprint density at radius 1 is 1.24 bits per heavy atom. The van der Waals surface area contributed by atoms with Crippen LogP contribution in [0.25, 0.3) is 0 Å². The first kappa shape index (κ1) is 15.0. The lowest BCUT2D eigenvalue weighted by Gasteiger charge is -2.33. The lowest BCUT2D eigenvalue weighted by Crippen LogP contribution is -2.48. The van der Waals surface area contributed by atoms with E-state index in [2.05, 4.69) is 4.74 Å². The topological polar surface area (TPSA) is 72.9 Å². The highest BCUT2D eigenvalue weighted by molar-refractivity contribution is 5.97. The summed E-state index contributed by atoms with van der Waals surface area (Å²) in [6.45, 7) is 5.09. The van der Waals surface area contributed by atoms with Crippen LogP contribution in [0, 0.1) is 0 Å². The van der Waals surface area contributed by atoms with Gasteiger partial charge in [0.05, 0.1) is 12.5 Å². The van der Waals surface area contributed by atoms with Crippen molar-refractivity contribution in [1.82, 2.24) is 4.90 Å². The van der Waals surface area contributed by atoms with Gasteiger partial charge in [-0.25, -0.2) is 14.5 Å². The van der Waals surface area contributed by atoms with E-state index in [1.807, 2.05) is 6.07 Å². The summed E-state index contributed by atoms with van der Waals surface area (Å²) in [5.74, 6) is -0.659. The summed E-state index contributed by atoms with van der Waals surface area (Å²) in [5.41, 5.74) is -0.0755. The van der Waals surface area contributed by atoms with Crippen molar-refractivity contribution in [3.8, 4) is 0 Å². The number of nitrogens with zero attached hydrogens (tertiary/aromatic N) is 1. The first-order valence-electron chi connectivity index (χ1n) is 6.60. The van der Waals surface area contributed by atoms with Crippen molar-refractivity contribution in [2.75, 3.05) is 0 Å². The van der Waals surface area contributed by atoms with E-state index in [-0.39, 0.29) is 6.42 Å². The molecule has 1 heterocycles. The zero-order chi connectivity index (χ0) is 15.6. The van der Waals surface area contributed by atoms with Crippen molar-refractivity contribution in [2.24, 2.45) is 0 Å². The molecule has 0 aromatic heterocycles. The number of rotatable bonds is 1. The molecule has 0 spiro atoms. The Bertz CT molecular complexity index is 561. The molecule has 1 aliphatic rings. The third kappa shape index (κ3) is 3.59. The number of benzene rings is 1. The fourth-order valence-corrected chi connectivity index (χ4v) is 2.02. The maximum atomic E-state index is 12.2. The van der Waals surface area contributed by atoms with Crippen LogP contribution in [0.1, 0.15) is 38.8 Å². The highest BCUT2D eigenvalue weighted by Crippen LogP contribution is 2.30. The second kappa shape index (κ2) is 5.55. The Labute approximate surface area is 122 Å². The van der Waals surface area contributed by atoms with E-state index in [0.717, 1.165) is 4.90 Å². The van der Waals surface area contributed by atoms with E-state index >= 15 is 0 Å². The van der Waals surface area contributed by atoms with Crippen molar-refractivity contribution in [1.29, 1.82) is 0 Å². The predicted molar refractivity (Wildman–Crippen MR) is 73.4 cm³/mol. The molecule has 2 rings (SSSR count). The molecule has 1 fully saturated rings. The summed E-state index contributed by atoms with van der Waals surface area (Å²) < 4.78 is 9.74. The van der Waals surface area contributed by atoms with Crippen LogP contribution >= 0.6 is 0 Å². The van der Waals surface area contributed by atoms with Gasteiger partial charge >= 0.3 is 18.2 Å². The van der Waals surface area contributed by atoms with Crippen molar-refractivity contribution < 1.29 is 23.9 Å². The van der Waals surface area contributed by atoms with Gasteiger partial charge in [0.25, 0.3) is 0 Å². The Morgan fingerprint density at radius 3 is 2.43 bits per heavy atom. The lowest BCUT2D eigenvalue weighted by molar-refractivity contribution is -0.143. The van der Waals surface area contributed by atoms with Gasteiger partial charge in [-0.05, 0) is 26.3 Å². The van der Waals surface area contributed by atoms with Crippen LogP contribution in [0.3, 0.4) is 0 Å². The summed E-state index contributed by atoms with van der Waals surface area (Å²) in [4.78, 5) is 36.4. The summed E-state index contributed by atoms with van der Waals surface area (Å²) in [6.07, 6.45) is -1.92. The van der Waals surface area contributed by atoms with Crippen LogP contribution < -0.4 is 0 Å². The molecule has 6 nitrogen and oxygen atoms in total. The van der Waals surface area contributed by atoms with E-state index in [4.69, 9.17) is 4.74 Å². The summed E-state index contributed by atoms with van der Waals surface area (Å²) in [5, 5.41) is 0. The number of amides is 2. The van der Waals surface area contributed by atoms with Crippen LogP contribution in [-0.4, -0.2) is 28.7 Å². The molecule has 0 aliphatic carbocycles. The van der Waals surface area contributed by atoms with Crippen molar-refractivity contribution in [2.45, 2.75) is 38.8 Å². The Kier molecular flexibility index (Phi) is 3.97. The fraction of sp³-hybridized carbons (Fsp3) is 0.400. The molecule has 0 radical (unpaired) electrons. The molecule has 1 saturated heterocycles. The molecule has 2 amide bonds. The molecular formula is C15H17NO5. The van der Waals surface area contributed by atoms with Crippen LogP contribution in [0.2, 0.25) is 0 Å². The van der Waals surface area contributed by atoms with Gasteiger partial charge < -0.3 is 9.47 Å². The quantitative estimate of drug-likeness (QED) is 0.587. The van der Waals surface area contributed by atoms with Gasteiger partial charge in [-0.15, -0.1) is 0 Å². The summed E-state index contributed by atoms with van der Waals surface area (Å²) in [6, 6.07) is 8.13. The highest BCUT2D eigenvalue weighted by Gasteiger charge is 2.41. The van der Waals surface area contributed by atoms with Gasteiger partial charge in [0.2, 0.25) is 0 Å². The SMILES string of the molecule is CC(C)(C)OC(=O)N1C(=O)OC(=O)C[C@H]1c1ccccc1. The number of hydrogen-bond acceptors (Lipinski definition) is 5. The monoisotopic (exact) mass is 291 g/mol. The van der Waals surface area contributed by atoms with E-state index in [0.29, 0.717) is 5.56 Å². The predicted octanol–water partition coefficient (Wildman–Crippen LogP) is 3.03. The van der Waals surface area contributed by atoms with Crippen LogP contribution in [-0.2, 0) is 14.3 Å². The zero-order valence-electron chi connectivity index (χ0n) is 12.2. The minimum Gasteiger partial charge on any atom is -0.443 e. The summed E-state index contributed by atoms with van der Waals surface area (Å²) >= 11 is 0. The minimum atomic E-state index is -1.01. The lowest BCUT2D eigenvalue weighted by atomic mass is 10.0. The molecule has 1 atom stereocenters. The Balaban J connectivity index is 2.32. The molecule has 1 aliphatic heterocycles. The van der Waals surface area contributed by atoms with Gasteiger partial charge in [-0.2, -0.15) is 0 Å². The molecule has 1 aromatic rings. The van der Waals surface area contributed by atoms with E-state index in [1.165, 1.54) is 0 Å². The van der Waals surface area contributed by atoms with Gasteiger partial charge in [-0.1, -0.05) is 30.3 Å². The third-order valence-corrected chi connectivity index (χ3v) is 2.84. The number of esters is 1. The first-order chi connectivity index (χ1) is 9.78. The number of imide groups is 1. The zero-order valence-corrected chi connectivity index (χ0v) is 12.2. The molecule has 6 heteroatoms. The molecular weight excluding hydrogens is 274 g/mol. The van der Waals surface area contributed by atoms with Crippen molar-refractivity contribution >= 4 is 18.2 Å². The molecule has 0 saturated carbocycles. The maximum Gasteiger partial charge on any atom is 0.427 e. The molecule has 0 N–H and O–H groups in total. The second-order valence-electron chi connectivity index (χ2n) is 5.72. The highest BCUT2D eigenvalue weighted by atomic mass is 16.6. The van der Waals surface area contributed by atoms with Gasteiger partial charge in [0.15, 0.2) is 0 Å². The second-order valence-corrected chi connectivity index (χ2v) is 5.72. The van der Waals surface area contributed by atoms with Gasteiger partial charge in [-0.3, -0.25) is 4.79 Å². The normalized spacial score (nSPS) is 19.2. The Morgan fingerprint density at radius 2 is 1.86 bits per heavy atom. The molecule has 0 unspecified atom stereocenters. The molecule has 21 heavy (non-hydrogen) atoms. The molecule has 112 valence electrons. The van der Waals surface area contributed by atoms with E-state index in [9.17, 15) is 14.4 Å². The van der Waals surface area contributed by atoms with E-state index < -0.39 is 29.8 Å². The fourth-order valence-electron chi connectivity index (χ4n) is 2.02. The maximum absolute atomic E-state index is 12.2. The average Bonchev–Trinajstić information content (AvgIpc) is 2.36. The number of ether oxygens (including phenoxy) is 2. The number of carbonyl (C=O) groups is 3. The Hall–Kier alpha value is -2.37. The van der Waals surface area contributed by atoms with Crippen LogP contribution in [0.15, 0.2) is 30.3 Å². The first-order valence-corrected chi connectivity index (χ1v) is 6.60. The summed E-state index contributed by atoms with van der Waals surface area (Å²) in [7, 11) is 0. The van der Waals surface area contributed by atoms with Crippen molar-refractivity contribution in [3.63, 3.8) is 0 Å². The number of carbonyl (C=O) groups excluding carboxylic acids is 3. The van der Waals surface area contributed by atoms with E-state index in [1.54, 1.807) is 45.0 Å².